The molecule has 0 aliphatic heterocycles. The molecule has 0 saturated carbocycles. The quantitative estimate of drug-likeness (QED) is 0.627. The third kappa shape index (κ3) is 55.3. The second kappa shape index (κ2) is 31.2. The molecule has 61 valence electrons. The molecular formula is C6H16ClN2Nd. The molecule has 0 spiro atoms. The molecule has 0 rings (SSSR count). The van der Waals surface area contributed by atoms with Crippen molar-refractivity contribution in [3.05, 3.63) is 10.6 Å². The van der Waals surface area contributed by atoms with Gasteiger partial charge in [0.2, 0.25) is 0 Å². The zero-order valence-electron chi connectivity index (χ0n) is 7.19. The molecular weight excluding hydrogens is 280 g/mol. The van der Waals surface area contributed by atoms with Gasteiger partial charge in [0.25, 0.3) is 0 Å². The van der Waals surface area contributed by atoms with Crippen LogP contribution >= 0.6 is 0 Å². The summed E-state index contributed by atoms with van der Waals surface area (Å²) in [6.45, 7) is 5.92. The summed E-state index contributed by atoms with van der Waals surface area (Å²) in [7, 11) is 3.61. The van der Waals surface area contributed by atoms with Gasteiger partial charge in [0.15, 0.2) is 0 Å². The van der Waals surface area contributed by atoms with Crippen LogP contribution in [0.3, 0.4) is 0 Å². The van der Waals surface area contributed by atoms with Gasteiger partial charge in [-0.05, 0) is 0 Å². The summed E-state index contributed by atoms with van der Waals surface area (Å²) < 4.78 is 0. The van der Waals surface area contributed by atoms with E-state index in [4.69, 9.17) is 0 Å². The fourth-order valence-corrected chi connectivity index (χ4v) is 0. The van der Waals surface area contributed by atoms with Crippen LogP contribution in [0.1, 0.15) is 13.8 Å². The third-order valence-electron chi connectivity index (χ3n) is 0.632. The molecule has 0 N–H and O–H groups in total. The fourth-order valence-electron chi connectivity index (χ4n) is 0. The third-order valence-corrected chi connectivity index (χ3v) is 0.632. The first-order valence-electron chi connectivity index (χ1n) is 2.94. The average molecular weight is 296 g/mol. The van der Waals surface area contributed by atoms with Crippen molar-refractivity contribution in [3.8, 4) is 0 Å². The van der Waals surface area contributed by atoms with E-state index in [1.54, 1.807) is 14.1 Å². The van der Waals surface area contributed by atoms with Crippen LogP contribution in [-0.4, -0.2) is 27.2 Å². The fraction of sp³-hybridized carbons (Fsp3) is 1.00. The van der Waals surface area contributed by atoms with Gasteiger partial charge in [-0.15, -0.1) is 0 Å². The van der Waals surface area contributed by atoms with E-state index in [9.17, 15) is 0 Å². The Morgan fingerprint density at radius 3 is 1.00 bits per heavy atom. The largest absolute Gasteiger partial charge is 3.00 e. The summed E-state index contributed by atoms with van der Waals surface area (Å²) in [6.07, 6.45) is 0. The van der Waals surface area contributed by atoms with Gasteiger partial charge < -0.3 is 23.0 Å². The zero-order valence-corrected chi connectivity index (χ0v) is 11.2. The van der Waals surface area contributed by atoms with Gasteiger partial charge in [0.05, 0.1) is 0 Å². The van der Waals surface area contributed by atoms with Crippen LogP contribution in [0, 0.1) is 40.8 Å². The Morgan fingerprint density at radius 2 is 1.00 bits per heavy atom. The molecule has 0 amide bonds. The van der Waals surface area contributed by atoms with Gasteiger partial charge in [-0.3, -0.25) is 0 Å². The minimum Gasteiger partial charge on any atom is -1.00 e. The maximum absolute atomic E-state index is 3.74. The summed E-state index contributed by atoms with van der Waals surface area (Å²) in [5.74, 6) is 0. The maximum atomic E-state index is 3.74. The second-order valence-electron chi connectivity index (χ2n) is 1.26. The molecule has 0 unspecified atom stereocenters. The van der Waals surface area contributed by atoms with Crippen molar-refractivity contribution < 1.29 is 53.2 Å². The van der Waals surface area contributed by atoms with Crippen LogP contribution in [0.5, 0.6) is 0 Å². The molecule has 0 aromatic heterocycles. The molecule has 10 heavy (non-hydrogen) atoms. The smallest absolute Gasteiger partial charge is 1.00 e. The second-order valence-corrected chi connectivity index (χ2v) is 1.26. The SMILES string of the molecule is CC[N-]C.CC[N-]C.[Cl-].[Nd+3]. The molecule has 0 bridgehead atoms. The van der Waals surface area contributed by atoms with Crippen LogP contribution in [0.25, 0.3) is 10.6 Å². The molecule has 2 nitrogen and oxygen atoms in total. The Labute approximate surface area is 104 Å². The number of rotatable bonds is 2. The van der Waals surface area contributed by atoms with Crippen molar-refractivity contribution in [2.75, 3.05) is 27.2 Å². The molecule has 0 atom stereocenters. The van der Waals surface area contributed by atoms with E-state index < -0.39 is 0 Å². The monoisotopic (exact) mass is 293 g/mol. The Balaban J connectivity index is -0.0000000300. The van der Waals surface area contributed by atoms with Crippen LogP contribution in [0.15, 0.2) is 0 Å². The molecule has 0 fully saturated rings. The summed E-state index contributed by atoms with van der Waals surface area (Å²) in [5, 5.41) is 7.47. The van der Waals surface area contributed by atoms with E-state index in [2.05, 4.69) is 10.6 Å². The van der Waals surface area contributed by atoms with Crippen molar-refractivity contribution >= 4 is 0 Å². The maximum Gasteiger partial charge on any atom is 3.00 e. The van der Waals surface area contributed by atoms with E-state index in [1.165, 1.54) is 0 Å². The van der Waals surface area contributed by atoms with Gasteiger partial charge in [-0.25, -0.2) is 0 Å². The van der Waals surface area contributed by atoms with Gasteiger partial charge in [-0.1, -0.05) is 13.8 Å². The molecule has 4 heteroatoms. The first-order valence-corrected chi connectivity index (χ1v) is 2.94. The average Bonchev–Trinajstić information content (AvgIpc) is 1.88. The summed E-state index contributed by atoms with van der Waals surface area (Å²) in [4.78, 5) is 0. The normalized spacial score (nSPS) is 6.00. The molecule has 0 saturated heterocycles. The first kappa shape index (κ1) is 22.6. The van der Waals surface area contributed by atoms with E-state index in [0.717, 1.165) is 13.1 Å². The molecule has 0 aromatic rings. The standard InChI is InChI=1S/2C3H8N.ClH.Nd/c2*1-3-4-2;;/h2*3H2,1-2H3;1H;/q2*-1;;+3/p-1. The Bertz CT molecular complexity index is 23.7. The van der Waals surface area contributed by atoms with Crippen molar-refractivity contribution in [3.63, 3.8) is 0 Å². The van der Waals surface area contributed by atoms with Gasteiger partial charge in [0.1, 0.15) is 0 Å². The van der Waals surface area contributed by atoms with Gasteiger partial charge in [-0.2, -0.15) is 27.2 Å². The van der Waals surface area contributed by atoms with Crippen molar-refractivity contribution in [2.45, 2.75) is 13.8 Å². The number of halogens is 1. The number of hydrogen-bond donors (Lipinski definition) is 0. The topological polar surface area (TPSA) is 28.2 Å². The van der Waals surface area contributed by atoms with E-state index in [1.807, 2.05) is 13.8 Å². The Kier molecular flexibility index (Phi) is 70.4. The van der Waals surface area contributed by atoms with Crippen molar-refractivity contribution in [1.82, 2.24) is 0 Å². The molecule has 1 radical (unpaired) electrons. The minimum atomic E-state index is 0. The minimum absolute atomic E-state index is 0. The van der Waals surface area contributed by atoms with Crippen LogP contribution in [0.4, 0.5) is 0 Å². The molecule has 0 aliphatic carbocycles. The Morgan fingerprint density at radius 1 is 0.900 bits per heavy atom. The van der Waals surface area contributed by atoms with Crippen molar-refractivity contribution in [2.24, 2.45) is 0 Å². The molecule has 0 aliphatic rings. The first-order chi connectivity index (χ1) is 3.83. The zero-order chi connectivity index (χ0) is 6.83. The summed E-state index contributed by atoms with van der Waals surface area (Å²) >= 11 is 0. The van der Waals surface area contributed by atoms with E-state index in [0.29, 0.717) is 0 Å². The van der Waals surface area contributed by atoms with E-state index >= 15 is 0 Å². The summed E-state index contributed by atoms with van der Waals surface area (Å²) in [5.41, 5.74) is 0. The number of hydrogen-bond acceptors (Lipinski definition) is 0. The van der Waals surface area contributed by atoms with Gasteiger partial charge >= 0.3 is 40.8 Å². The Hall–Kier alpha value is 1.56. The van der Waals surface area contributed by atoms with Gasteiger partial charge in [0, 0.05) is 0 Å². The van der Waals surface area contributed by atoms with E-state index in [-0.39, 0.29) is 53.2 Å². The molecule has 0 heterocycles. The van der Waals surface area contributed by atoms with Crippen molar-refractivity contribution in [1.29, 1.82) is 0 Å². The molecule has 0 aromatic carbocycles. The summed E-state index contributed by atoms with van der Waals surface area (Å²) in [6, 6.07) is 0. The number of nitrogens with zero attached hydrogens (tertiary/aromatic N) is 2. The van der Waals surface area contributed by atoms with Crippen LogP contribution in [-0.2, 0) is 0 Å². The predicted octanol–water partition coefficient (Wildman–Crippen LogP) is -0.976. The van der Waals surface area contributed by atoms with Crippen LogP contribution < -0.4 is 12.4 Å². The van der Waals surface area contributed by atoms with Crippen LogP contribution in [0.2, 0.25) is 0 Å². The predicted molar refractivity (Wildman–Crippen MR) is 39.6 cm³/mol.